The summed E-state index contributed by atoms with van der Waals surface area (Å²) >= 11 is 0. The average molecular weight is 409 g/mol. The number of hydrogen-bond donors (Lipinski definition) is 2. The fourth-order valence-corrected chi connectivity index (χ4v) is 3.43. The van der Waals surface area contributed by atoms with Crippen molar-refractivity contribution in [2.24, 2.45) is 0 Å². The first-order valence-corrected chi connectivity index (χ1v) is 9.50. The molecule has 1 aromatic heterocycles. The van der Waals surface area contributed by atoms with E-state index in [1.807, 2.05) is 60.7 Å². The Morgan fingerprint density at radius 3 is 2.29 bits per heavy atom. The predicted octanol–water partition coefficient (Wildman–Crippen LogP) is 3.07. The molecule has 150 valence electrons. The Labute approximate surface area is 176 Å². The molecular weight excluding hydrogens is 394 g/mol. The van der Waals surface area contributed by atoms with Gasteiger partial charge in [-0.25, -0.2) is 9.67 Å². The summed E-state index contributed by atoms with van der Waals surface area (Å²) in [5.41, 5.74) is 2.12. The Morgan fingerprint density at radius 2 is 1.55 bits per heavy atom. The standard InChI is InChI=1S/C23H15N5O3/c29-21-16-12-7-13-17(18(16)22(30)26-21)24-23(31)19-25-20(14-8-3-1-4-9-14)28(27-19)15-10-5-2-6-11-15/h1-13H,(H,24,31)(H,26,29,30). The maximum Gasteiger partial charge on any atom is 0.295 e. The number of para-hydroxylation sites is 1. The first-order chi connectivity index (χ1) is 15.1. The molecule has 0 atom stereocenters. The number of nitrogens with zero attached hydrogens (tertiary/aromatic N) is 3. The summed E-state index contributed by atoms with van der Waals surface area (Å²) in [5.74, 6) is -1.20. The van der Waals surface area contributed by atoms with Gasteiger partial charge < -0.3 is 5.32 Å². The molecule has 3 aromatic carbocycles. The predicted molar refractivity (Wildman–Crippen MR) is 113 cm³/mol. The zero-order chi connectivity index (χ0) is 21.4. The monoisotopic (exact) mass is 409 g/mol. The average Bonchev–Trinajstić information content (AvgIpc) is 3.37. The van der Waals surface area contributed by atoms with E-state index in [0.29, 0.717) is 5.82 Å². The van der Waals surface area contributed by atoms with Crippen LogP contribution in [0.2, 0.25) is 0 Å². The van der Waals surface area contributed by atoms with E-state index in [0.717, 1.165) is 11.3 Å². The number of carbonyl (C=O) groups excluding carboxylic acids is 3. The summed E-state index contributed by atoms with van der Waals surface area (Å²) in [6.07, 6.45) is 0. The molecule has 0 saturated heterocycles. The van der Waals surface area contributed by atoms with Crippen LogP contribution in [0.4, 0.5) is 5.69 Å². The number of carbonyl (C=O) groups is 3. The molecule has 2 heterocycles. The molecular formula is C23H15N5O3. The van der Waals surface area contributed by atoms with E-state index in [9.17, 15) is 14.4 Å². The number of amides is 3. The van der Waals surface area contributed by atoms with Crippen LogP contribution in [0.5, 0.6) is 0 Å². The summed E-state index contributed by atoms with van der Waals surface area (Å²) in [4.78, 5) is 41.4. The van der Waals surface area contributed by atoms with Crippen molar-refractivity contribution in [2.75, 3.05) is 5.32 Å². The second-order valence-electron chi connectivity index (χ2n) is 6.84. The van der Waals surface area contributed by atoms with Gasteiger partial charge >= 0.3 is 0 Å². The van der Waals surface area contributed by atoms with Gasteiger partial charge in [-0.2, -0.15) is 0 Å². The molecule has 8 heteroatoms. The number of aromatic nitrogens is 3. The topological polar surface area (TPSA) is 106 Å². The van der Waals surface area contributed by atoms with Crippen molar-refractivity contribution >= 4 is 23.4 Å². The molecule has 0 unspecified atom stereocenters. The molecule has 0 spiro atoms. The van der Waals surface area contributed by atoms with Gasteiger partial charge in [-0.3, -0.25) is 19.7 Å². The Hall–Kier alpha value is -4.59. The molecule has 4 aromatic rings. The summed E-state index contributed by atoms with van der Waals surface area (Å²) in [6, 6.07) is 23.4. The minimum absolute atomic E-state index is 0.0648. The van der Waals surface area contributed by atoms with E-state index >= 15 is 0 Å². The van der Waals surface area contributed by atoms with Crippen molar-refractivity contribution in [3.63, 3.8) is 0 Å². The number of benzene rings is 3. The fraction of sp³-hybridized carbons (Fsp3) is 0. The Bertz CT molecular complexity index is 1270. The first-order valence-electron chi connectivity index (χ1n) is 9.50. The molecule has 0 radical (unpaired) electrons. The third kappa shape index (κ3) is 3.25. The molecule has 5 rings (SSSR count). The lowest BCUT2D eigenvalue weighted by Crippen LogP contribution is -2.21. The van der Waals surface area contributed by atoms with Crippen LogP contribution in [-0.2, 0) is 0 Å². The van der Waals surface area contributed by atoms with Gasteiger partial charge in [0.2, 0.25) is 5.82 Å². The van der Waals surface area contributed by atoms with Crippen LogP contribution in [0, 0.1) is 0 Å². The van der Waals surface area contributed by atoms with E-state index in [2.05, 4.69) is 20.7 Å². The van der Waals surface area contributed by atoms with E-state index in [1.54, 1.807) is 16.8 Å². The molecule has 1 aliphatic heterocycles. The second-order valence-corrected chi connectivity index (χ2v) is 6.84. The smallest absolute Gasteiger partial charge is 0.295 e. The van der Waals surface area contributed by atoms with Crippen LogP contribution in [0.1, 0.15) is 31.3 Å². The minimum atomic E-state index is -0.590. The zero-order valence-electron chi connectivity index (χ0n) is 16.1. The lowest BCUT2D eigenvalue weighted by molar-refractivity contribution is 0.0879. The lowest BCUT2D eigenvalue weighted by Gasteiger charge is -2.06. The fourth-order valence-electron chi connectivity index (χ4n) is 3.43. The van der Waals surface area contributed by atoms with Crippen molar-refractivity contribution in [1.82, 2.24) is 20.1 Å². The zero-order valence-corrected chi connectivity index (χ0v) is 16.1. The maximum atomic E-state index is 13.0. The van der Waals surface area contributed by atoms with Crippen molar-refractivity contribution in [1.29, 1.82) is 0 Å². The molecule has 0 saturated carbocycles. The molecule has 31 heavy (non-hydrogen) atoms. The molecule has 0 fully saturated rings. The first kappa shape index (κ1) is 18.4. The summed E-state index contributed by atoms with van der Waals surface area (Å²) in [7, 11) is 0. The number of anilines is 1. The molecule has 3 amide bonds. The summed E-state index contributed by atoms with van der Waals surface area (Å²) in [6.45, 7) is 0. The van der Waals surface area contributed by atoms with Crippen molar-refractivity contribution in [3.05, 3.63) is 95.8 Å². The van der Waals surface area contributed by atoms with Crippen LogP contribution in [0.3, 0.4) is 0 Å². The third-order valence-corrected chi connectivity index (χ3v) is 4.85. The second kappa shape index (κ2) is 7.34. The highest BCUT2D eigenvalue weighted by Crippen LogP contribution is 2.25. The Morgan fingerprint density at radius 1 is 0.839 bits per heavy atom. The van der Waals surface area contributed by atoms with Gasteiger partial charge in [-0.15, -0.1) is 5.10 Å². The van der Waals surface area contributed by atoms with E-state index in [-0.39, 0.29) is 22.6 Å². The largest absolute Gasteiger partial charge is 0.318 e. The highest BCUT2D eigenvalue weighted by atomic mass is 16.2. The van der Waals surface area contributed by atoms with E-state index < -0.39 is 17.7 Å². The van der Waals surface area contributed by atoms with Crippen molar-refractivity contribution in [2.45, 2.75) is 0 Å². The van der Waals surface area contributed by atoms with Gasteiger partial charge in [0.1, 0.15) is 0 Å². The van der Waals surface area contributed by atoms with Gasteiger partial charge in [-0.1, -0.05) is 54.6 Å². The van der Waals surface area contributed by atoms with Gasteiger partial charge in [0.15, 0.2) is 5.82 Å². The van der Waals surface area contributed by atoms with Crippen molar-refractivity contribution in [3.8, 4) is 17.1 Å². The van der Waals surface area contributed by atoms with E-state index in [4.69, 9.17) is 0 Å². The quantitative estimate of drug-likeness (QED) is 0.504. The van der Waals surface area contributed by atoms with Gasteiger partial charge in [0.05, 0.1) is 22.5 Å². The molecule has 2 N–H and O–H groups in total. The Kier molecular flexibility index (Phi) is 4.37. The maximum absolute atomic E-state index is 13.0. The summed E-state index contributed by atoms with van der Waals surface area (Å²) in [5, 5.41) is 9.30. The third-order valence-electron chi connectivity index (χ3n) is 4.85. The number of imide groups is 1. The SMILES string of the molecule is O=C(Nc1cccc2c1C(=O)NC2=O)c1nc(-c2ccccc2)n(-c2ccccc2)n1. The van der Waals surface area contributed by atoms with Crippen LogP contribution < -0.4 is 10.6 Å². The van der Waals surface area contributed by atoms with Crippen LogP contribution in [0.25, 0.3) is 17.1 Å². The molecule has 0 aliphatic carbocycles. The van der Waals surface area contributed by atoms with Crippen LogP contribution >= 0.6 is 0 Å². The molecule has 0 bridgehead atoms. The van der Waals surface area contributed by atoms with Crippen LogP contribution in [0.15, 0.2) is 78.9 Å². The van der Waals surface area contributed by atoms with Crippen LogP contribution in [-0.4, -0.2) is 32.5 Å². The van der Waals surface area contributed by atoms with Gasteiger partial charge in [-0.05, 0) is 24.3 Å². The lowest BCUT2D eigenvalue weighted by atomic mass is 10.1. The highest BCUT2D eigenvalue weighted by molar-refractivity contribution is 6.24. The molecule has 1 aliphatic rings. The van der Waals surface area contributed by atoms with Gasteiger partial charge in [0.25, 0.3) is 17.7 Å². The number of hydrogen-bond acceptors (Lipinski definition) is 5. The Balaban J connectivity index is 1.55. The molecule has 8 nitrogen and oxygen atoms in total. The summed E-state index contributed by atoms with van der Waals surface area (Å²) < 4.78 is 1.59. The van der Waals surface area contributed by atoms with Crippen molar-refractivity contribution < 1.29 is 14.4 Å². The number of rotatable bonds is 4. The number of fused-ring (bicyclic) bond motifs is 1. The number of nitrogens with one attached hydrogen (secondary N) is 2. The van der Waals surface area contributed by atoms with Gasteiger partial charge in [0, 0.05) is 5.56 Å². The minimum Gasteiger partial charge on any atom is -0.318 e. The normalized spacial score (nSPS) is 12.4. The highest BCUT2D eigenvalue weighted by Gasteiger charge is 2.30. The van der Waals surface area contributed by atoms with E-state index in [1.165, 1.54) is 6.07 Å².